The number of unbranched alkanes of at least 4 members (excludes halogenated alkanes) is 1. The molecule has 0 rings (SSSR count). The van der Waals surface area contributed by atoms with E-state index in [1.165, 1.54) is 0 Å². The van der Waals surface area contributed by atoms with Crippen molar-refractivity contribution >= 4 is 5.91 Å². The summed E-state index contributed by atoms with van der Waals surface area (Å²) in [5.41, 5.74) is 10.9. The molecule has 0 aliphatic rings. The van der Waals surface area contributed by atoms with Gasteiger partial charge in [-0.2, -0.15) is 0 Å². The lowest BCUT2D eigenvalue weighted by Crippen LogP contribution is -2.35. The zero-order valence-corrected chi connectivity index (χ0v) is 9.09. The molecule has 4 nitrogen and oxygen atoms in total. The Labute approximate surface area is 86.4 Å². The van der Waals surface area contributed by atoms with Crippen LogP contribution >= 0.6 is 0 Å². The molecule has 0 aliphatic heterocycles. The molecule has 5 N–H and O–H groups in total. The molecule has 0 bridgehead atoms. The summed E-state index contributed by atoms with van der Waals surface area (Å²) in [6.45, 7) is 3.91. The van der Waals surface area contributed by atoms with Gasteiger partial charge < -0.3 is 16.8 Å². The molecule has 84 valence electrons. The molecule has 4 heteroatoms. The molecule has 0 radical (unpaired) electrons. The van der Waals surface area contributed by atoms with Gasteiger partial charge >= 0.3 is 0 Å². The molecule has 0 saturated carbocycles. The maximum atomic E-state index is 11.5. The SMILES string of the molecule is CCCC(CN)C(=O)NCCCCN. The third-order valence-electron chi connectivity index (χ3n) is 2.22. The van der Waals surface area contributed by atoms with Gasteiger partial charge in [0.15, 0.2) is 0 Å². The van der Waals surface area contributed by atoms with Crippen LogP contribution in [0.1, 0.15) is 32.6 Å². The number of carbonyl (C=O) groups excluding carboxylic acids is 1. The fraction of sp³-hybridized carbons (Fsp3) is 0.900. The van der Waals surface area contributed by atoms with Gasteiger partial charge in [-0.05, 0) is 25.8 Å². The zero-order valence-electron chi connectivity index (χ0n) is 9.09. The highest BCUT2D eigenvalue weighted by atomic mass is 16.1. The van der Waals surface area contributed by atoms with E-state index in [9.17, 15) is 4.79 Å². The van der Waals surface area contributed by atoms with Crippen LogP contribution in [0.2, 0.25) is 0 Å². The quantitative estimate of drug-likeness (QED) is 0.491. The predicted molar refractivity (Wildman–Crippen MR) is 58.8 cm³/mol. The minimum absolute atomic E-state index is 0.0159. The molecule has 14 heavy (non-hydrogen) atoms. The van der Waals surface area contributed by atoms with E-state index >= 15 is 0 Å². The topological polar surface area (TPSA) is 81.1 Å². The van der Waals surface area contributed by atoms with Crippen LogP contribution in [0.25, 0.3) is 0 Å². The average Bonchev–Trinajstić information content (AvgIpc) is 2.20. The van der Waals surface area contributed by atoms with Gasteiger partial charge in [0.25, 0.3) is 0 Å². The van der Waals surface area contributed by atoms with Crippen molar-refractivity contribution in [2.24, 2.45) is 17.4 Å². The Balaban J connectivity index is 3.58. The van der Waals surface area contributed by atoms with Gasteiger partial charge in [0.1, 0.15) is 0 Å². The molecule has 0 saturated heterocycles. The number of nitrogens with two attached hydrogens (primary N) is 2. The summed E-state index contributed by atoms with van der Waals surface area (Å²) in [4.78, 5) is 11.5. The molecule has 1 unspecified atom stereocenters. The van der Waals surface area contributed by atoms with Gasteiger partial charge in [-0.15, -0.1) is 0 Å². The van der Waals surface area contributed by atoms with Crippen LogP contribution < -0.4 is 16.8 Å². The molecule has 0 fully saturated rings. The molecular formula is C10H23N3O. The van der Waals surface area contributed by atoms with E-state index in [2.05, 4.69) is 12.2 Å². The average molecular weight is 201 g/mol. The fourth-order valence-electron chi connectivity index (χ4n) is 1.33. The highest BCUT2D eigenvalue weighted by Crippen LogP contribution is 2.04. The van der Waals surface area contributed by atoms with Crippen LogP contribution in [0, 0.1) is 5.92 Å². The Morgan fingerprint density at radius 1 is 1.36 bits per heavy atom. The van der Waals surface area contributed by atoms with Crippen molar-refractivity contribution < 1.29 is 4.79 Å². The van der Waals surface area contributed by atoms with Crippen molar-refractivity contribution in [3.63, 3.8) is 0 Å². The third-order valence-corrected chi connectivity index (χ3v) is 2.22. The summed E-state index contributed by atoms with van der Waals surface area (Å²) < 4.78 is 0. The van der Waals surface area contributed by atoms with Crippen LogP contribution in [0.3, 0.4) is 0 Å². The molecule has 0 aromatic rings. The molecule has 0 spiro atoms. The van der Waals surface area contributed by atoms with E-state index in [0.29, 0.717) is 13.1 Å². The first-order valence-corrected chi connectivity index (χ1v) is 5.44. The van der Waals surface area contributed by atoms with E-state index in [-0.39, 0.29) is 11.8 Å². The number of amides is 1. The molecule has 1 atom stereocenters. The van der Waals surface area contributed by atoms with Crippen molar-refractivity contribution in [3.05, 3.63) is 0 Å². The van der Waals surface area contributed by atoms with E-state index < -0.39 is 0 Å². The first-order chi connectivity index (χ1) is 6.76. The standard InChI is InChI=1S/C10H23N3O/c1-2-5-9(8-12)10(14)13-7-4-3-6-11/h9H,2-8,11-12H2,1H3,(H,13,14). The van der Waals surface area contributed by atoms with Crippen molar-refractivity contribution in [3.8, 4) is 0 Å². The minimum Gasteiger partial charge on any atom is -0.356 e. The Hall–Kier alpha value is -0.610. The lowest BCUT2D eigenvalue weighted by Gasteiger charge is -2.13. The van der Waals surface area contributed by atoms with Gasteiger partial charge in [-0.3, -0.25) is 4.79 Å². The Morgan fingerprint density at radius 3 is 2.57 bits per heavy atom. The lowest BCUT2D eigenvalue weighted by molar-refractivity contribution is -0.124. The van der Waals surface area contributed by atoms with Gasteiger partial charge in [0.05, 0.1) is 5.92 Å². The second-order valence-corrected chi connectivity index (χ2v) is 3.51. The maximum Gasteiger partial charge on any atom is 0.224 e. The predicted octanol–water partition coefficient (Wildman–Crippen LogP) is 0.217. The fourth-order valence-corrected chi connectivity index (χ4v) is 1.33. The van der Waals surface area contributed by atoms with Crippen molar-refractivity contribution in [2.45, 2.75) is 32.6 Å². The van der Waals surface area contributed by atoms with Gasteiger partial charge in [-0.1, -0.05) is 13.3 Å². The van der Waals surface area contributed by atoms with E-state index in [1.54, 1.807) is 0 Å². The highest BCUT2D eigenvalue weighted by molar-refractivity contribution is 5.78. The smallest absolute Gasteiger partial charge is 0.224 e. The van der Waals surface area contributed by atoms with Crippen LogP contribution in [-0.4, -0.2) is 25.5 Å². The van der Waals surface area contributed by atoms with Crippen LogP contribution in [-0.2, 0) is 4.79 Å². The first kappa shape index (κ1) is 13.4. The maximum absolute atomic E-state index is 11.5. The van der Waals surface area contributed by atoms with Gasteiger partial charge in [0.2, 0.25) is 5.91 Å². The number of nitrogens with one attached hydrogen (secondary N) is 1. The molecule has 0 aliphatic carbocycles. The monoisotopic (exact) mass is 201 g/mol. The van der Waals surface area contributed by atoms with E-state index in [1.807, 2.05) is 0 Å². The van der Waals surface area contributed by atoms with E-state index in [4.69, 9.17) is 11.5 Å². The summed E-state index contributed by atoms with van der Waals surface area (Å²) in [6, 6.07) is 0. The van der Waals surface area contributed by atoms with Crippen molar-refractivity contribution in [1.82, 2.24) is 5.32 Å². The molecule has 0 aromatic carbocycles. The number of carbonyl (C=O) groups is 1. The summed E-state index contributed by atoms with van der Waals surface area (Å²) in [5.74, 6) is 0.0734. The zero-order chi connectivity index (χ0) is 10.8. The number of hydrogen-bond donors (Lipinski definition) is 3. The molecule has 1 amide bonds. The summed E-state index contributed by atoms with van der Waals surface area (Å²) >= 11 is 0. The van der Waals surface area contributed by atoms with Gasteiger partial charge in [0, 0.05) is 13.1 Å². The van der Waals surface area contributed by atoms with E-state index in [0.717, 1.165) is 32.2 Å². The van der Waals surface area contributed by atoms with Crippen LogP contribution in [0.4, 0.5) is 0 Å². The number of hydrogen-bond acceptors (Lipinski definition) is 3. The lowest BCUT2D eigenvalue weighted by atomic mass is 10.0. The second-order valence-electron chi connectivity index (χ2n) is 3.51. The van der Waals surface area contributed by atoms with Crippen molar-refractivity contribution in [2.75, 3.05) is 19.6 Å². The highest BCUT2D eigenvalue weighted by Gasteiger charge is 2.14. The summed E-state index contributed by atoms with van der Waals surface area (Å²) in [5, 5.41) is 2.88. The van der Waals surface area contributed by atoms with Crippen LogP contribution in [0.15, 0.2) is 0 Å². The largest absolute Gasteiger partial charge is 0.356 e. The van der Waals surface area contributed by atoms with Crippen LogP contribution in [0.5, 0.6) is 0 Å². The number of rotatable bonds is 8. The minimum atomic E-state index is -0.0159. The summed E-state index contributed by atoms with van der Waals surface area (Å²) in [7, 11) is 0. The molecule has 0 heterocycles. The Kier molecular flexibility index (Phi) is 8.57. The normalized spacial score (nSPS) is 12.5. The molecular weight excluding hydrogens is 178 g/mol. The van der Waals surface area contributed by atoms with Gasteiger partial charge in [-0.25, -0.2) is 0 Å². The molecule has 0 aromatic heterocycles. The Bertz CT molecular complexity index is 150. The third kappa shape index (κ3) is 5.94. The first-order valence-electron chi connectivity index (χ1n) is 5.44. The van der Waals surface area contributed by atoms with Crippen molar-refractivity contribution in [1.29, 1.82) is 0 Å². The Morgan fingerprint density at radius 2 is 2.07 bits per heavy atom. The second kappa shape index (κ2) is 8.97. The summed E-state index contributed by atoms with van der Waals surface area (Å²) in [6.07, 6.45) is 3.78.